The second-order valence-electron chi connectivity index (χ2n) is 4.81. The molecule has 1 aromatic carbocycles. The van der Waals surface area contributed by atoms with E-state index < -0.39 is 0 Å². The highest BCUT2D eigenvalue weighted by Gasteiger charge is 2.10. The first-order valence-electron chi connectivity index (χ1n) is 6.86. The number of furan rings is 1. The fourth-order valence-corrected chi connectivity index (χ4v) is 2.10. The van der Waals surface area contributed by atoms with Crippen LogP contribution in [-0.4, -0.2) is 20.3 Å². The summed E-state index contributed by atoms with van der Waals surface area (Å²) in [4.78, 5) is 12.0. The van der Waals surface area contributed by atoms with Crippen LogP contribution < -0.4 is 20.1 Å². The average Bonchev–Trinajstić information content (AvgIpc) is 2.83. The lowest BCUT2D eigenvalue weighted by Gasteiger charge is -2.12. The monoisotopic (exact) mass is 304 g/mol. The zero-order valence-corrected chi connectivity index (χ0v) is 13.1. The summed E-state index contributed by atoms with van der Waals surface area (Å²) in [5.41, 5.74) is 1.52. The number of benzene rings is 1. The number of carbonyl (C=O) groups excluding carboxylic acids is 1. The van der Waals surface area contributed by atoms with E-state index in [1.807, 2.05) is 19.9 Å². The van der Waals surface area contributed by atoms with E-state index in [2.05, 4.69) is 10.6 Å². The Morgan fingerprint density at radius 2 is 1.95 bits per heavy atom. The van der Waals surface area contributed by atoms with Gasteiger partial charge in [0, 0.05) is 18.2 Å². The summed E-state index contributed by atoms with van der Waals surface area (Å²) in [7, 11) is 3.11. The minimum absolute atomic E-state index is 0.318. The van der Waals surface area contributed by atoms with Crippen molar-refractivity contribution in [3.63, 3.8) is 0 Å². The van der Waals surface area contributed by atoms with Crippen molar-refractivity contribution in [2.24, 2.45) is 0 Å². The molecule has 1 heterocycles. The molecule has 0 saturated carbocycles. The maximum absolute atomic E-state index is 12.0. The summed E-state index contributed by atoms with van der Waals surface area (Å²) in [6.07, 6.45) is 0. The largest absolute Gasteiger partial charge is 0.497 e. The van der Waals surface area contributed by atoms with E-state index in [9.17, 15) is 4.79 Å². The molecule has 0 unspecified atom stereocenters. The Bertz CT molecular complexity index is 664. The molecule has 6 nitrogen and oxygen atoms in total. The fourth-order valence-electron chi connectivity index (χ4n) is 2.10. The van der Waals surface area contributed by atoms with Gasteiger partial charge in [-0.25, -0.2) is 4.79 Å². The number of methoxy groups -OCH3 is 2. The smallest absolute Gasteiger partial charge is 0.319 e. The quantitative estimate of drug-likeness (QED) is 0.889. The Morgan fingerprint density at radius 1 is 1.18 bits per heavy atom. The van der Waals surface area contributed by atoms with Crippen molar-refractivity contribution in [1.82, 2.24) is 5.32 Å². The van der Waals surface area contributed by atoms with Gasteiger partial charge in [0.1, 0.15) is 23.0 Å². The summed E-state index contributed by atoms with van der Waals surface area (Å²) in [6.45, 7) is 4.14. The van der Waals surface area contributed by atoms with Crippen LogP contribution in [0.5, 0.6) is 11.5 Å². The van der Waals surface area contributed by atoms with E-state index in [4.69, 9.17) is 13.9 Å². The number of urea groups is 1. The second-order valence-corrected chi connectivity index (χ2v) is 4.81. The van der Waals surface area contributed by atoms with E-state index >= 15 is 0 Å². The average molecular weight is 304 g/mol. The van der Waals surface area contributed by atoms with Gasteiger partial charge < -0.3 is 24.5 Å². The normalized spacial score (nSPS) is 10.2. The lowest BCUT2D eigenvalue weighted by Crippen LogP contribution is -2.28. The fraction of sp³-hybridized carbons (Fsp3) is 0.312. The lowest BCUT2D eigenvalue weighted by atomic mass is 10.2. The molecule has 0 bridgehead atoms. The maximum Gasteiger partial charge on any atom is 0.319 e. The predicted molar refractivity (Wildman–Crippen MR) is 83.6 cm³/mol. The third-order valence-corrected chi connectivity index (χ3v) is 3.24. The van der Waals surface area contributed by atoms with E-state index in [0.717, 1.165) is 17.1 Å². The standard InChI is InChI=1S/C16H20N2O4/c1-10-7-12(11(2)22-10)9-17-16(19)18-14-6-5-13(20-3)8-15(14)21-4/h5-8H,9H2,1-4H3,(H2,17,18,19). The zero-order chi connectivity index (χ0) is 16.1. The number of rotatable bonds is 5. The predicted octanol–water partition coefficient (Wildman–Crippen LogP) is 3.24. The number of nitrogens with one attached hydrogen (secondary N) is 2. The van der Waals surface area contributed by atoms with Gasteiger partial charge in [0.05, 0.1) is 19.9 Å². The molecule has 118 valence electrons. The molecule has 2 amide bonds. The molecular weight excluding hydrogens is 284 g/mol. The van der Waals surface area contributed by atoms with Crippen LogP contribution in [0.4, 0.5) is 10.5 Å². The van der Waals surface area contributed by atoms with Gasteiger partial charge >= 0.3 is 6.03 Å². The van der Waals surface area contributed by atoms with Crippen LogP contribution in [0.2, 0.25) is 0 Å². The van der Waals surface area contributed by atoms with E-state index in [1.165, 1.54) is 7.11 Å². The van der Waals surface area contributed by atoms with Gasteiger partial charge in [0.15, 0.2) is 0 Å². The molecule has 6 heteroatoms. The first-order valence-corrected chi connectivity index (χ1v) is 6.86. The van der Waals surface area contributed by atoms with E-state index in [-0.39, 0.29) is 6.03 Å². The lowest BCUT2D eigenvalue weighted by molar-refractivity contribution is 0.251. The molecule has 0 aliphatic heterocycles. The summed E-state index contributed by atoms with van der Waals surface area (Å²) in [6, 6.07) is 6.77. The van der Waals surface area contributed by atoms with Crippen LogP contribution in [-0.2, 0) is 6.54 Å². The van der Waals surface area contributed by atoms with Crippen LogP contribution in [0.1, 0.15) is 17.1 Å². The molecule has 0 aliphatic carbocycles. The Hall–Kier alpha value is -2.63. The van der Waals surface area contributed by atoms with Crippen LogP contribution in [0.15, 0.2) is 28.7 Å². The maximum atomic E-state index is 12.0. The van der Waals surface area contributed by atoms with Crippen molar-refractivity contribution in [2.45, 2.75) is 20.4 Å². The third-order valence-electron chi connectivity index (χ3n) is 3.24. The Labute approximate surface area is 129 Å². The number of hydrogen-bond donors (Lipinski definition) is 2. The molecule has 2 rings (SSSR count). The molecule has 1 aromatic heterocycles. The Balaban J connectivity index is 1.98. The second kappa shape index (κ2) is 6.89. The van der Waals surface area contributed by atoms with Crippen molar-refractivity contribution in [3.05, 3.63) is 41.3 Å². The minimum Gasteiger partial charge on any atom is -0.497 e. The van der Waals surface area contributed by atoms with Crippen molar-refractivity contribution in [1.29, 1.82) is 0 Å². The summed E-state index contributed by atoms with van der Waals surface area (Å²) in [5, 5.41) is 5.53. The van der Waals surface area contributed by atoms with Crippen LogP contribution in [0, 0.1) is 13.8 Å². The first kappa shape index (κ1) is 15.8. The summed E-state index contributed by atoms with van der Waals surface area (Å²) >= 11 is 0. The number of amides is 2. The van der Waals surface area contributed by atoms with Gasteiger partial charge in [-0.2, -0.15) is 0 Å². The Kier molecular flexibility index (Phi) is 4.93. The number of hydrogen-bond acceptors (Lipinski definition) is 4. The van der Waals surface area contributed by atoms with Gasteiger partial charge in [-0.05, 0) is 32.0 Å². The molecule has 0 radical (unpaired) electrons. The zero-order valence-electron chi connectivity index (χ0n) is 13.1. The highest BCUT2D eigenvalue weighted by molar-refractivity contribution is 5.91. The molecule has 22 heavy (non-hydrogen) atoms. The minimum atomic E-state index is -0.318. The van der Waals surface area contributed by atoms with Crippen LogP contribution in [0.3, 0.4) is 0 Å². The number of aryl methyl sites for hydroxylation is 2. The molecule has 0 aliphatic rings. The van der Waals surface area contributed by atoms with Gasteiger partial charge in [0.25, 0.3) is 0 Å². The van der Waals surface area contributed by atoms with Crippen LogP contribution >= 0.6 is 0 Å². The SMILES string of the molecule is COc1ccc(NC(=O)NCc2cc(C)oc2C)c(OC)c1. The molecule has 0 fully saturated rings. The van der Waals surface area contributed by atoms with Gasteiger partial charge in [-0.15, -0.1) is 0 Å². The molecule has 0 spiro atoms. The number of ether oxygens (including phenoxy) is 2. The van der Waals surface area contributed by atoms with Crippen molar-refractivity contribution >= 4 is 11.7 Å². The summed E-state index contributed by atoms with van der Waals surface area (Å²) < 4.78 is 15.8. The van der Waals surface area contributed by atoms with E-state index in [1.54, 1.807) is 25.3 Å². The van der Waals surface area contributed by atoms with Crippen molar-refractivity contribution < 1.29 is 18.7 Å². The molecule has 0 saturated heterocycles. The molecule has 2 aromatic rings. The number of carbonyl (C=O) groups is 1. The topological polar surface area (TPSA) is 72.7 Å². The van der Waals surface area contributed by atoms with Gasteiger partial charge in [-0.1, -0.05) is 0 Å². The summed E-state index contributed by atoms with van der Waals surface area (Å²) in [5.74, 6) is 2.82. The van der Waals surface area contributed by atoms with Crippen molar-refractivity contribution in [3.8, 4) is 11.5 Å². The molecule has 2 N–H and O–H groups in total. The molecule has 0 atom stereocenters. The Morgan fingerprint density at radius 3 is 2.55 bits per heavy atom. The van der Waals surface area contributed by atoms with Crippen molar-refractivity contribution in [2.75, 3.05) is 19.5 Å². The highest BCUT2D eigenvalue weighted by atomic mass is 16.5. The number of anilines is 1. The van der Waals surface area contributed by atoms with E-state index in [0.29, 0.717) is 23.7 Å². The third kappa shape index (κ3) is 3.72. The van der Waals surface area contributed by atoms with Gasteiger partial charge in [-0.3, -0.25) is 0 Å². The highest BCUT2D eigenvalue weighted by Crippen LogP contribution is 2.28. The van der Waals surface area contributed by atoms with Crippen LogP contribution in [0.25, 0.3) is 0 Å². The van der Waals surface area contributed by atoms with Gasteiger partial charge in [0.2, 0.25) is 0 Å². The first-order chi connectivity index (χ1) is 10.5. The molecular formula is C16H20N2O4.